The van der Waals surface area contributed by atoms with Gasteiger partial charge in [-0.25, -0.2) is 8.78 Å². The zero-order valence-corrected chi connectivity index (χ0v) is 18.8. The van der Waals surface area contributed by atoms with Gasteiger partial charge in [-0.3, -0.25) is 4.99 Å². The zero-order valence-electron chi connectivity index (χ0n) is 17.3. The molecule has 11 heteroatoms. The van der Waals surface area contributed by atoms with Crippen LogP contribution in [0, 0.1) is 11.6 Å². The maximum atomic E-state index is 13.3. The average molecular weight is 518 g/mol. The summed E-state index contributed by atoms with van der Waals surface area (Å²) >= 11 is 5.89. The predicted octanol–water partition coefficient (Wildman–Crippen LogP) is 6.35. The molecule has 34 heavy (non-hydrogen) atoms. The normalized spacial score (nSPS) is 15.8. The highest BCUT2D eigenvalue weighted by atomic mass is 35.5. The van der Waals surface area contributed by atoms with E-state index in [0.29, 0.717) is 18.7 Å². The minimum absolute atomic E-state index is 0.0787. The Bertz CT molecular complexity index is 1240. The Morgan fingerprint density at radius 1 is 0.853 bits per heavy atom. The first-order valence-electron chi connectivity index (χ1n) is 9.78. The molecule has 1 unspecified atom stereocenters. The van der Waals surface area contributed by atoms with Crippen LogP contribution in [0.4, 0.5) is 22.0 Å². The van der Waals surface area contributed by atoms with Crippen molar-refractivity contribution in [3.8, 4) is 16.9 Å². The SMILES string of the molecule is Fc1cccc(F)c1C1=NCCC1Cl.O=S(=O)(Oc1ccc(-c2ccccc2)cc1)C(F)(F)F. The van der Waals surface area contributed by atoms with Gasteiger partial charge in [-0.2, -0.15) is 21.6 Å². The predicted molar refractivity (Wildman–Crippen MR) is 120 cm³/mol. The van der Waals surface area contributed by atoms with Crippen LogP contribution in [0.1, 0.15) is 12.0 Å². The van der Waals surface area contributed by atoms with Crippen molar-refractivity contribution in [1.29, 1.82) is 0 Å². The van der Waals surface area contributed by atoms with Crippen LogP contribution >= 0.6 is 11.6 Å². The van der Waals surface area contributed by atoms with E-state index in [-0.39, 0.29) is 16.7 Å². The second-order valence-corrected chi connectivity index (χ2v) is 9.06. The van der Waals surface area contributed by atoms with Crippen LogP contribution in [0.15, 0.2) is 77.8 Å². The molecule has 3 aromatic rings. The molecule has 180 valence electrons. The lowest BCUT2D eigenvalue weighted by atomic mass is 10.1. The van der Waals surface area contributed by atoms with Crippen LogP contribution in [0.5, 0.6) is 5.75 Å². The van der Waals surface area contributed by atoms with Gasteiger partial charge in [-0.1, -0.05) is 48.5 Å². The van der Waals surface area contributed by atoms with Gasteiger partial charge in [0.15, 0.2) is 0 Å². The molecule has 1 aliphatic rings. The summed E-state index contributed by atoms with van der Waals surface area (Å²) in [6.45, 7) is 0.539. The summed E-state index contributed by atoms with van der Waals surface area (Å²) in [5.74, 6) is -1.59. The van der Waals surface area contributed by atoms with Gasteiger partial charge < -0.3 is 4.18 Å². The molecule has 0 spiro atoms. The zero-order chi connectivity index (χ0) is 24.9. The smallest absolute Gasteiger partial charge is 0.376 e. The van der Waals surface area contributed by atoms with Crippen molar-refractivity contribution in [2.24, 2.45) is 4.99 Å². The second kappa shape index (κ2) is 10.5. The van der Waals surface area contributed by atoms with Crippen LogP contribution < -0.4 is 4.18 Å². The average Bonchev–Trinajstić information content (AvgIpc) is 3.20. The molecule has 1 aliphatic heterocycles. The van der Waals surface area contributed by atoms with Crippen molar-refractivity contribution in [2.45, 2.75) is 17.3 Å². The van der Waals surface area contributed by atoms with E-state index < -0.39 is 27.3 Å². The van der Waals surface area contributed by atoms with Crippen molar-refractivity contribution >= 4 is 27.4 Å². The highest BCUT2D eigenvalue weighted by molar-refractivity contribution is 7.88. The largest absolute Gasteiger partial charge is 0.534 e. The third-order valence-electron chi connectivity index (χ3n) is 4.63. The fourth-order valence-corrected chi connectivity index (χ4v) is 3.75. The summed E-state index contributed by atoms with van der Waals surface area (Å²) < 4.78 is 88.7. The molecule has 0 aliphatic carbocycles. The van der Waals surface area contributed by atoms with Crippen LogP contribution in [0.25, 0.3) is 11.1 Å². The summed E-state index contributed by atoms with van der Waals surface area (Å²) in [6, 6.07) is 18.2. The lowest BCUT2D eigenvalue weighted by Gasteiger charge is -2.09. The maximum Gasteiger partial charge on any atom is 0.534 e. The molecule has 0 radical (unpaired) electrons. The molecule has 3 aromatic carbocycles. The highest BCUT2D eigenvalue weighted by Crippen LogP contribution is 2.28. The molecule has 4 rings (SSSR count). The molecule has 1 heterocycles. The Kier molecular flexibility index (Phi) is 7.93. The Morgan fingerprint density at radius 3 is 1.91 bits per heavy atom. The van der Waals surface area contributed by atoms with Crippen molar-refractivity contribution in [3.63, 3.8) is 0 Å². The number of benzene rings is 3. The minimum atomic E-state index is -5.63. The third-order valence-corrected chi connectivity index (χ3v) is 6.03. The van der Waals surface area contributed by atoms with E-state index in [9.17, 15) is 30.4 Å². The van der Waals surface area contributed by atoms with Crippen LogP contribution in [-0.4, -0.2) is 31.6 Å². The van der Waals surface area contributed by atoms with E-state index >= 15 is 0 Å². The van der Waals surface area contributed by atoms with E-state index in [1.807, 2.05) is 30.3 Å². The van der Waals surface area contributed by atoms with E-state index in [4.69, 9.17) is 11.6 Å². The molecule has 0 saturated heterocycles. The first-order chi connectivity index (χ1) is 16.0. The standard InChI is InChI=1S/C13H9F3O3S.C10H8ClF2N/c14-13(15,16)20(17,18)19-12-8-6-11(7-9-12)10-4-2-1-3-5-10;11-6-4-5-14-10(6)9-7(12)2-1-3-8(9)13/h1-9H;1-3,6H,4-5H2. The number of aliphatic imine (C=N–C) groups is 1. The van der Waals surface area contributed by atoms with Crippen molar-refractivity contribution in [2.75, 3.05) is 6.54 Å². The third kappa shape index (κ3) is 6.12. The molecule has 0 N–H and O–H groups in total. The Labute approximate surface area is 197 Å². The molecule has 0 amide bonds. The van der Waals surface area contributed by atoms with Crippen molar-refractivity contribution in [1.82, 2.24) is 0 Å². The molecule has 0 fully saturated rings. The van der Waals surface area contributed by atoms with Gasteiger partial charge in [0.1, 0.15) is 17.4 Å². The van der Waals surface area contributed by atoms with E-state index in [0.717, 1.165) is 11.1 Å². The Morgan fingerprint density at radius 2 is 1.41 bits per heavy atom. The summed E-state index contributed by atoms with van der Waals surface area (Å²) in [7, 11) is -5.63. The number of hydrogen-bond acceptors (Lipinski definition) is 4. The van der Waals surface area contributed by atoms with Crippen LogP contribution in [0.3, 0.4) is 0 Å². The quantitative estimate of drug-likeness (QED) is 0.175. The molecular weight excluding hydrogens is 501 g/mol. The molecule has 0 aromatic heterocycles. The number of hydrogen-bond donors (Lipinski definition) is 0. The van der Waals surface area contributed by atoms with Crippen molar-refractivity contribution in [3.05, 3.63) is 90.0 Å². The summed E-state index contributed by atoms with van der Waals surface area (Å²) in [4.78, 5) is 4.01. The number of nitrogens with zero attached hydrogens (tertiary/aromatic N) is 1. The van der Waals surface area contributed by atoms with Gasteiger partial charge >= 0.3 is 15.6 Å². The van der Waals surface area contributed by atoms with Gasteiger partial charge in [-0.05, 0) is 41.8 Å². The molecular formula is C23H17ClF5NO3S. The topological polar surface area (TPSA) is 55.7 Å². The molecule has 1 atom stereocenters. The van der Waals surface area contributed by atoms with Gasteiger partial charge in [0, 0.05) is 6.54 Å². The maximum absolute atomic E-state index is 13.3. The van der Waals surface area contributed by atoms with E-state index in [1.54, 1.807) is 0 Å². The second-order valence-electron chi connectivity index (χ2n) is 6.99. The first-order valence-corrected chi connectivity index (χ1v) is 11.6. The monoisotopic (exact) mass is 517 g/mol. The first kappa shape index (κ1) is 25.6. The highest BCUT2D eigenvalue weighted by Gasteiger charge is 2.48. The minimum Gasteiger partial charge on any atom is -0.376 e. The summed E-state index contributed by atoms with van der Waals surface area (Å²) in [5, 5.41) is -0.374. The number of halogens is 6. The van der Waals surface area contributed by atoms with Gasteiger partial charge in [0.2, 0.25) is 0 Å². The number of rotatable bonds is 4. The molecule has 0 bridgehead atoms. The van der Waals surface area contributed by atoms with E-state index in [2.05, 4.69) is 9.18 Å². The van der Waals surface area contributed by atoms with Gasteiger partial charge in [0.25, 0.3) is 0 Å². The lowest BCUT2D eigenvalue weighted by Crippen LogP contribution is -2.28. The van der Waals surface area contributed by atoms with E-state index in [1.165, 1.54) is 42.5 Å². The number of alkyl halides is 4. The fourth-order valence-electron chi connectivity index (χ4n) is 3.02. The summed E-state index contributed by atoms with van der Waals surface area (Å²) in [5.41, 5.74) is -3.59. The van der Waals surface area contributed by atoms with Crippen LogP contribution in [0.2, 0.25) is 0 Å². The molecule has 4 nitrogen and oxygen atoms in total. The fraction of sp³-hybridized carbons (Fsp3) is 0.174. The lowest BCUT2D eigenvalue weighted by molar-refractivity contribution is -0.0500. The van der Waals surface area contributed by atoms with Gasteiger partial charge in [0.05, 0.1) is 16.7 Å². The van der Waals surface area contributed by atoms with Crippen LogP contribution in [-0.2, 0) is 10.1 Å². The van der Waals surface area contributed by atoms with Gasteiger partial charge in [-0.15, -0.1) is 11.6 Å². The molecule has 0 saturated carbocycles. The Hall–Kier alpha value is -2.98. The van der Waals surface area contributed by atoms with Crippen molar-refractivity contribution < 1.29 is 34.6 Å². The summed E-state index contributed by atoms with van der Waals surface area (Å²) in [6.07, 6.45) is 0.644. The Balaban J connectivity index is 0.000000202.